The molecule has 16 heavy (non-hydrogen) atoms. The van der Waals surface area contributed by atoms with Crippen molar-refractivity contribution in [3.05, 3.63) is 24.0 Å². The molecular weight excluding hydrogens is 212 g/mol. The first-order chi connectivity index (χ1) is 7.52. The first kappa shape index (κ1) is 12.4. The summed E-state index contributed by atoms with van der Waals surface area (Å²) in [4.78, 5) is 15.3. The molecule has 0 unspecified atom stereocenters. The number of amides is 1. The van der Waals surface area contributed by atoms with Crippen LogP contribution in [0.3, 0.4) is 0 Å². The Morgan fingerprint density at radius 1 is 1.50 bits per heavy atom. The molecule has 0 fully saturated rings. The van der Waals surface area contributed by atoms with Gasteiger partial charge < -0.3 is 20.6 Å². The van der Waals surface area contributed by atoms with E-state index in [1.165, 1.54) is 25.3 Å². The first-order valence-electron chi connectivity index (χ1n) is 4.70. The van der Waals surface area contributed by atoms with Crippen LogP contribution >= 0.6 is 0 Å². The molecule has 0 aliphatic heterocycles. The Hall–Kier alpha value is -1.66. The van der Waals surface area contributed by atoms with E-state index < -0.39 is 24.7 Å². The highest BCUT2D eigenvalue weighted by Gasteiger charge is 2.26. The number of hydrogen-bond donors (Lipinski definition) is 4. The fraction of sp³-hybridized carbons (Fsp3) is 0.400. The van der Waals surface area contributed by atoms with Crippen molar-refractivity contribution in [1.29, 1.82) is 0 Å². The SMILES string of the molecule is CC(CO)(CO)NC(=O)c1ncccc1O. The molecule has 6 nitrogen and oxygen atoms in total. The van der Waals surface area contributed by atoms with E-state index >= 15 is 0 Å². The van der Waals surface area contributed by atoms with Crippen molar-refractivity contribution in [3.63, 3.8) is 0 Å². The van der Waals surface area contributed by atoms with Gasteiger partial charge in [0.25, 0.3) is 5.91 Å². The average Bonchev–Trinajstić information content (AvgIpc) is 2.29. The highest BCUT2D eigenvalue weighted by Crippen LogP contribution is 2.13. The third-order valence-corrected chi connectivity index (χ3v) is 2.11. The van der Waals surface area contributed by atoms with E-state index in [0.29, 0.717) is 0 Å². The molecule has 88 valence electrons. The minimum atomic E-state index is -1.14. The fourth-order valence-electron chi connectivity index (χ4n) is 1.03. The second-order valence-electron chi connectivity index (χ2n) is 3.70. The van der Waals surface area contributed by atoms with E-state index in [1.54, 1.807) is 0 Å². The average molecular weight is 226 g/mol. The number of hydrogen-bond acceptors (Lipinski definition) is 5. The molecule has 1 aromatic heterocycles. The number of rotatable bonds is 4. The maximum Gasteiger partial charge on any atom is 0.274 e. The second-order valence-corrected chi connectivity index (χ2v) is 3.70. The molecule has 0 bridgehead atoms. The molecule has 0 saturated carbocycles. The molecule has 6 heteroatoms. The van der Waals surface area contributed by atoms with E-state index in [4.69, 9.17) is 10.2 Å². The monoisotopic (exact) mass is 226 g/mol. The summed E-state index contributed by atoms with van der Waals surface area (Å²) in [5.74, 6) is -0.901. The summed E-state index contributed by atoms with van der Waals surface area (Å²) in [6.45, 7) is 0.649. The van der Waals surface area contributed by atoms with Crippen molar-refractivity contribution < 1.29 is 20.1 Å². The van der Waals surface area contributed by atoms with Gasteiger partial charge in [-0.2, -0.15) is 0 Å². The van der Waals surface area contributed by atoms with E-state index in [-0.39, 0.29) is 11.4 Å². The van der Waals surface area contributed by atoms with Crippen LogP contribution in [-0.2, 0) is 0 Å². The van der Waals surface area contributed by atoms with Crippen LogP contribution in [0.4, 0.5) is 0 Å². The van der Waals surface area contributed by atoms with Crippen LogP contribution in [0.1, 0.15) is 17.4 Å². The Balaban J connectivity index is 2.84. The predicted molar refractivity (Wildman–Crippen MR) is 55.9 cm³/mol. The maximum absolute atomic E-state index is 11.6. The highest BCUT2D eigenvalue weighted by atomic mass is 16.3. The van der Waals surface area contributed by atoms with Gasteiger partial charge in [0, 0.05) is 6.20 Å². The van der Waals surface area contributed by atoms with Gasteiger partial charge in [0.15, 0.2) is 5.69 Å². The number of carbonyl (C=O) groups excluding carboxylic acids is 1. The number of pyridine rings is 1. The molecule has 0 aliphatic rings. The Morgan fingerprint density at radius 2 is 2.12 bits per heavy atom. The molecule has 0 aromatic carbocycles. The molecular formula is C10H14N2O4. The Morgan fingerprint density at radius 3 is 2.62 bits per heavy atom. The summed E-state index contributed by atoms with van der Waals surface area (Å²) < 4.78 is 0. The van der Waals surface area contributed by atoms with Crippen molar-refractivity contribution >= 4 is 5.91 Å². The smallest absolute Gasteiger partial charge is 0.274 e. The molecule has 1 aromatic rings. The quantitative estimate of drug-likeness (QED) is 0.541. The number of aliphatic hydroxyl groups is 2. The minimum absolute atomic E-state index is 0.143. The maximum atomic E-state index is 11.6. The molecule has 4 N–H and O–H groups in total. The number of nitrogens with one attached hydrogen (secondary N) is 1. The van der Waals surface area contributed by atoms with Crippen molar-refractivity contribution in [3.8, 4) is 5.75 Å². The molecule has 1 heterocycles. The lowest BCUT2D eigenvalue weighted by molar-refractivity contribution is 0.0717. The standard InChI is InChI=1S/C10H14N2O4/c1-10(5-13,6-14)12-9(16)8-7(15)3-2-4-11-8/h2-4,13-15H,5-6H2,1H3,(H,12,16). The molecule has 0 spiro atoms. The van der Waals surface area contributed by atoms with Gasteiger partial charge in [-0.15, -0.1) is 0 Å². The summed E-state index contributed by atoms with van der Waals surface area (Å²) in [5, 5.41) is 29.7. The van der Waals surface area contributed by atoms with Crippen molar-refractivity contribution in [2.24, 2.45) is 0 Å². The molecule has 0 aliphatic carbocycles. The van der Waals surface area contributed by atoms with Crippen LogP contribution in [0.2, 0.25) is 0 Å². The summed E-state index contributed by atoms with van der Waals surface area (Å²) in [5.41, 5.74) is -1.28. The first-order valence-corrected chi connectivity index (χ1v) is 4.70. The van der Waals surface area contributed by atoms with Crippen LogP contribution in [0, 0.1) is 0 Å². The van der Waals surface area contributed by atoms with Crippen LogP contribution in [-0.4, -0.2) is 45.0 Å². The lowest BCUT2D eigenvalue weighted by Gasteiger charge is -2.25. The number of nitrogens with zero attached hydrogens (tertiary/aromatic N) is 1. The number of aromatic nitrogens is 1. The molecule has 0 atom stereocenters. The van der Waals surface area contributed by atoms with E-state index in [9.17, 15) is 9.90 Å². The molecule has 0 radical (unpaired) electrons. The Bertz CT molecular complexity index is 377. The second kappa shape index (κ2) is 4.91. The fourth-order valence-corrected chi connectivity index (χ4v) is 1.03. The van der Waals surface area contributed by atoms with Gasteiger partial charge >= 0.3 is 0 Å². The zero-order valence-electron chi connectivity index (χ0n) is 8.84. The van der Waals surface area contributed by atoms with Gasteiger partial charge in [-0.3, -0.25) is 4.79 Å². The summed E-state index contributed by atoms with van der Waals surface area (Å²) in [6, 6.07) is 2.82. The third kappa shape index (κ3) is 2.68. The van der Waals surface area contributed by atoms with Gasteiger partial charge in [0.1, 0.15) is 5.75 Å². The minimum Gasteiger partial charge on any atom is -0.505 e. The highest BCUT2D eigenvalue weighted by molar-refractivity contribution is 5.95. The van der Waals surface area contributed by atoms with Crippen LogP contribution in [0.15, 0.2) is 18.3 Å². The zero-order valence-corrected chi connectivity index (χ0v) is 8.84. The number of aliphatic hydroxyl groups excluding tert-OH is 2. The normalized spacial score (nSPS) is 11.2. The van der Waals surface area contributed by atoms with Gasteiger partial charge in [-0.25, -0.2) is 4.98 Å². The Labute approximate surface area is 92.6 Å². The summed E-state index contributed by atoms with van der Waals surface area (Å²) >= 11 is 0. The summed E-state index contributed by atoms with van der Waals surface area (Å²) in [6.07, 6.45) is 1.36. The van der Waals surface area contributed by atoms with E-state index in [0.717, 1.165) is 0 Å². The topological polar surface area (TPSA) is 103 Å². The summed E-state index contributed by atoms with van der Waals surface area (Å²) in [7, 11) is 0. The molecule has 1 rings (SSSR count). The van der Waals surface area contributed by atoms with Crippen molar-refractivity contribution in [2.45, 2.75) is 12.5 Å². The third-order valence-electron chi connectivity index (χ3n) is 2.11. The largest absolute Gasteiger partial charge is 0.505 e. The molecule has 0 saturated heterocycles. The molecule has 1 amide bonds. The zero-order chi connectivity index (χ0) is 12.2. The van der Waals surface area contributed by atoms with Gasteiger partial charge in [-0.1, -0.05) is 0 Å². The lowest BCUT2D eigenvalue weighted by Crippen LogP contribution is -2.51. The Kier molecular flexibility index (Phi) is 3.81. The number of carbonyl (C=O) groups is 1. The van der Waals surface area contributed by atoms with Crippen LogP contribution in [0.25, 0.3) is 0 Å². The van der Waals surface area contributed by atoms with Gasteiger partial charge in [0.2, 0.25) is 0 Å². The van der Waals surface area contributed by atoms with E-state index in [2.05, 4.69) is 10.3 Å². The van der Waals surface area contributed by atoms with Crippen LogP contribution < -0.4 is 5.32 Å². The van der Waals surface area contributed by atoms with Gasteiger partial charge in [-0.05, 0) is 19.1 Å². The lowest BCUT2D eigenvalue weighted by atomic mass is 10.1. The number of aromatic hydroxyl groups is 1. The van der Waals surface area contributed by atoms with E-state index in [1.807, 2.05) is 0 Å². The van der Waals surface area contributed by atoms with Crippen LogP contribution in [0.5, 0.6) is 5.75 Å². The van der Waals surface area contributed by atoms with Gasteiger partial charge in [0.05, 0.1) is 18.8 Å². The predicted octanol–water partition coefficient (Wildman–Crippen LogP) is -0.740. The van der Waals surface area contributed by atoms with Crippen molar-refractivity contribution in [2.75, 3.05) is 13.2 Å². The van der Waals surface area contributed by atoms with Crippen molar-refractivity contribution in [1.82, 2.24) is 10.3 Å².